The molecule has 0 fully saturated rings. The van der Waals surface area contributed by atoms with Crippen LogP contribution in [0.2, 0.25) is 0 Å². The quantitative estimate of drug-likeness (QED) is 0.819. The molecular formula is C14H16OS2. The SMILES string of the molecule is CC(O)c1cccc(SCCc2ccsc2)c1. The van der Waals surface area contributed by atoms with Crippen LogP contribution in [0.1, 0.15) is 24.2 Å². The van der Waals surface area contributed by atoms with Gasteiger partial charge in [0.05, 0.1) is 6.10 Å². The van der Waals surface area contributed by atoms with Crippen LogP contribution in [0.25, 0.3) is 0 Å². The summed E-state index contributed by atoms with van der Waals surface area (Å²) < 4.78 is 0. The van der Waals surface area contributed by atoms with Crippen molar-refractivity contribution in [3.63, 3.8) is 0 Å². The van der Waals surface area contributed by atoms with Gasteiger partial charge in [-0.25, -0.2) is 0 Å². The summed E-state index contributed by atoms with van der Waals surface area (Å²) in [5.74, 6) is 1.08. The van der Waals surface area contributed by atoms with Gasteiger partial charge in [-0.2, -0.15) is 11.3 Å². The Kier molecular flexibility index (Phi) is 4.66. The van der Waals surface area contributed by atoms with Crippen LogP contribution in [0.3, 0.4) is 0 Å². The van der Waals surface area contributed by atoms with Gasteiger partial charge in [-0.05, 0) is 53.4 Å². The number of aliphatic hydroxyl groups is 1. The van der Waals surface area contributed by atoms with Gasteiger partial charge in [-0.1, -0.05) is 12.1 Å². The molecule has 0 aliphatic carbocycles. The molecule has 0 aliphatic rings. The summed E-state index contributed by atoms with van der Waals surface area (Å²) in [6.45, 7) is 1.80. The minimum atomic E-state index is -0.382. The standard InChI is InChI=1S/C14H16OS2/c1-11(15)13-3-2-4-14(9-13)17-8-6-12-5-7-16-10-12/h2-5,7,9-11,15H,6,8H2,1H3. The second-order valence-electron chi connectivity index (χ2n) is 3.98. The molecule has 1 unspecified atom stereocenters. The number of thioether (sulfide) groups is 1. The third-order valence-corrected chi connectivity index (χ3v) is 4.31. The van der Waals surface area contributed by atoms with E-state index in [1.54, 1.807) is 18.3 Å². The molecule has 0 radical (unpaired) electrons. The van der Waals surface area contributed by atoms with E-state index in [-0.39, 0.29) is 6.10 Å². The summed E-state index contributed by atoms with van der Waals surface area (Å²) in [6, 6.07) is 10.3. The molecular weight excluding hydrogens is 248 g/mol. The van der Waals surface area contributed by atoms with E-state index in [2.05, 4.69) is 29.0 Å². The zero-order chi connectivity index (χ0) is 12.1. The lowest BCUT2D eigenvalue weighted by Crippen LogP contribution is -1.91. The molecule has 0 amide bonds. The average molecular weight is 264 g/mol. The van der Waals surface area contributed by atoms with Crippen molar-refractivity contribution in [3.8, 4) is 0 Å². The van der Waals surface area contributed by atoms with Gasteiger partial charge in [0.25, 0.3) is 0 Å². The van der Waals surface area contributed by atoms with Crippen LogP contribution in [0.15, 0.2) is 46.0 Å². The van der Waals surface area contributed by atoms with Crippen molar-refractivity contribution in [1.82, 2.24) is 0 Å². The topological polar surface area (TPSA) is 20.2 Å². The molecule has 1 nitrogen and oxygen atoms in total. The maximum absolute atomic E-state index is 9.52. The number of hydrogen-bond donors (Lipinski definition) is 1. The maximum Gasteiger partial charge on any atom is 0.0762 e. The first-order chi connectivity index (χ1) is 8.25. The second kappa shape index (κ2) is 6.24. The zero-order valence-corrected chi connectivity index (χ0v) is 11.4. The van der Waals surface area contributed by atoms with Crippen LogP contribution >= 0.6 is 23.1 Å². The summed E-state index contributed by atoms with van der Waals surface area (Å²) in [4.78, 5) is 1.23. The normalized spacial score (nSPS) is 12.6. The van der Waals surface area contributed by atoms with E-state index >= 15 is 0 Å². The monoisotopic (exact) mass is 264 g/mol. The van der Waals surface area contributed by atoms with E-state index < -0.39 is 0 Å². The predicted molar refractivity (Wildman–Crippen MR) is 75.8 cm³/mol. The van der Waals surface area contributed by atoms with Crippen LogP contribution in [-0.4, -0.2) is 10.9 Å². The summed E-state index contributed by atoms with van der Waals surface area (Å²) in [7, 11) is 0. The average Bonchev–Trinajstić information content (AvgIpc) is 2.82. The molecule has 0 spiro atoms. The van der Waals surface area contributed by atoms with Crippen molar-refractivity contribution < 1.29 is 5.11 Å². The molecule has 0 aliphatic heterocycles. The Labute approximate surface area is 111 Å². The van der Waals surface area contributed by atoms with Crippen molar-refractivity contribution in [3.05, 3.63) is 52.2 Å². The smallest absolute Gasteiger partial charge is 0.0762 e. The molecule has 1 aromatic carbocycles. The van der Waals surface area contributed by atoms with E-state index in [0.717, 1.165) is 17.7 Å². The summed E-state index contributed by atoms with van der Waals surface area (Å²) >= 11 is 3.59. The number of thiophene rings is 1. The van der Waals surface area contributed by atoms with Crippen LogP contribution in [-0.2, 0) is 6.42 Å². The van der Waals surface area contributed by atoms with Gasteiger partial charge in [0.2, 0.25) is 0 Å². The molecule has 17 heavy (non-hydrogen) atoms. The van der Waals surface area contributed by atoms with E-state index in [4.69, 9.17) is 0 Å². The second-order valence-corrected chi connectivity index (χ2v) is 5.93. The van der Waals surface area contributed by atoms with E-state index in [0.29, 0.717) is 0 Å². The largest absolute Gasteiger partial charge is 0.389 e. The van der Waals surface area contributed by atoms with Crippen molar-refractivity contribution in [1.29, 1.82) is 0 Å². The van der Waals surface area contributed by atoms with Gasteiger partial charge in [-0.15, -0.1) is 11.8 Å². The minimum absolute atomic E-state index is 0.382. The van der Waals surface area contributed by atoms with Crippen LogP contribution in [0.4, 0.5) is 0 Å². The Morgan fingerprint density at radius 3 is 2.94 bits per heavy atom. The number of rotatable bonds is 5. The molecule has 1 atom stereocenters. The zero-order valence-electron chi connectivity index (χ0n) is 9.80. The van der Waals surface area contributed by atoms with E-state index in [1.807, 2.05) is 23.9 Å². The first-order valence-corrected chi connectivity index (χ1v) is 7.60. The molecule has 0 bridgehead atoms. The lowest BCUT2D eigenvalue weighted by molar-refractivity contribution is 0.199. The van der Waals surface area contributed by atoms with Gasteiger partial charge in [0.1, 0.15) is 0 Å². The highest BCUT2D eigenvalue weighted by Crippen LogP contribution is 2.23. The van der Waals surface area contributed by atoms with Crippen molar-refractivity contribution in [2.24, 2.45) is 0 Å². The minimum Gasteiger partial charge on any atom is -0.389 e. The van der Waals surface area contributed by atoms with Crippen LogP contribution < -0.4 is 0 Å². The number of benzene rings is 1. The lowest BCUT2D eigenvalue weighted by Gasteiger charge is -2.07. The van der Waals surface area contributed by atoms with Gasteiger partial charge >= 0.3 is 0 Å². The Balaban J connectivity index is 1.88. The van der Waals surface area contributed by atoms with E-state index in [1.165, 1.54) is 10.5 Å². The maximum atomic E-state index is 9.52. The highest BCUT2D eigenvalue weighted by molar-refractivity contribution is 7.99. The molecule has 1 heterocycles. The van der Waals surface area contributed by atoms with Gasteiger partial charge in [0.15, 0.2) is 0 Å². The molecule has 2 rings (SSSR count). The molecule has 0 saturated heterocycles. The fraction of sp³-hybridized carbons (Fsp3) is 0.286. The predicted octanol–water partition coefficient (Wildman–Crippen LogP) is 4.14. The number of aryl methyl sites for hydroxylation is 1. The molecule has 1 aromatic heterocycles. The Morgan fingerprint density at radius 1 is 1.35 bits per heavy atom. The van der Waals surface area contributed by atoms with Gasteiger partial charge in [-0.3, -0.25) is 0 Å². The summed E-state index contributed by atoms with van der Waals surface area (Å²) in [5.41, 5.74) is 2.40. The van der Waals surface area contributed by atoms with Crippen molar-refractivity contribution in [2.75, 3.05) is 5.75 Å². The molecule has 0 saturated carbocycles. The van der Waals surface area contributed by atoms with Crippen LogP contribution in [0.5, 0.6) is 0 Å². The number of aliphatic hydroxyl groups excluding tert-OH is 1. The Bertz CT molecular complexity index is 449. The van der Waals surface area contributed by atoms with Crippen LogP contribution in [0, 0.1) is 0 Å². The Hall–Kier alpha value is -0.770. The van der Waals surface area contributed by atoms with Gasteiger partial charge < -0.3 is 5.11 Å². The van der Waals surface area contributed by atoms with Gasteiger partial charge in [0, 0.05) is 10.6 Å². The fourth-order valence-corrected chi connectivity index (χ4v) is 3.26. The highest BCUT2D eigenvalue weighted by atomic mass is 32.2. The fourth-order valence-electron chi connectivity index (χ4n) is 1.59. The summed E-state index contributed by atoms with van der Waals surface area (Å²) in [6.07, 6.45) is 0.722. The molecule has 2 aromatic rings. The molecule has 3 heteroatoms. The Morgan fingerprint density at radius 2 is 2.24 bits per heavy atom. The summed E-state index contributed by atoms with van der Waals surface area (Å²) in [5, 5.41) is 13.8. The third-order valence-electron chi connectivity index (χ3n) is 2.58. The van der Waals surface area contributed by atoms with Crippen molar-refractivity contribution in [2.45, 2.75) is 24.3 Å². The molecule has 90 valence electrons. The molecule has 1 N–H and O–H groups in total. The first-order valence-electron chi connectivity index (χ1n) is 5.67. The number of hydrogen-bond acceptors (Lipinski definition) is 3. The van der Waals surface area contributed by atoms with Crippen molar-refractivity contribution >= 4 is 23.1 Å². The first kappa shape index (κ1) is 12.7. The lowest BCUT2D eigenvalue weighted by atomic mass is 10.1. The highest BCUT2D eigenvalue weighted by Gasteiger charge is 2.02. The van der Waals surface area contributed by atoms with E-state index in [9.17, 15) is 5.11 Å². The third kappa shape index (κ3) is 3.87.